The van der Waals surface area contributed by atoms with E-state index in [0.29, 0.717) is 17.5 Å². The lowest BCUT2D eigenvalue weighted by molar-refractivity contribution is 1.02. The van der Waals surface area contributed by atoms with Crippen LogP contribution in [0.25, 0.3) is 10.8 Å². The molecule has 0 saturated heterocycles. The second kappa shape index (κ2) is 5.65. The highest BCUT2D eigenvalue weighted by Gasteiger charge is 2.07. The molecule has 3 nitrogen and oxygen atoms in total. The topological polar surface area (TPSA) is 37.8 Å². The van der Waals surface area contributed by atoms with E-state index < -0.39 is 0 Å². The monoisotopic (exact) mass is 303 g/mol. The highest BCUT2D eigenvalue weighted by Crippen LogP contribution is 2.26. The Labute approximate surface area is 126 Å². The van der Waals surface area contributed by atoms with Crippen molar-refractivity contribution in [1.29, 1.82) is 0 Å². The molecule has 0 amide bonds. The molecule has 0 unspecified atom stereocenters. The molecule has 2 aromatic carbocycles. The Bertz CT molecular complexity index is 759. The average molecular weight is 304 g/mol. The Balaban J connectivity index is 1.92. The number of hydrogen-bond donors (Lipinski definition) is 1. The zero-order valence-electron chi connectivity index (χ0n) is 10.5. The van der Waals surface area contributed by atoms with Gasteiger partial charge < -0.3 is 5.32 Å². The third-order valence-electron chi connectivity index (χ3n) is 3.05. The van der Waals surface area contributed by atoms with Gasteiger partial charge in [-0.05, 0) is 11.6 Å². The summed E-state index contributed by atoms with van der Waals surface area (Å²) in [4.78, 5) is 0. The van der Waals surface area contributed by atoms with Crippen LogP contribution >= 0.6 is 23.2 Å². The van der Waals surface area contributed by atoms with Crippen LogP contribution in [0.15, 0.2) is 48.5 Å². The number of aromatic nitrogens is 2. The van der Waals surface area contributed by atoms with Gasteiger partial charge in [-0.15, -0.1) is 10.2 Å². The van der Waals surface area contributed by atoms with E-state index in [1.54, 1.807) is 0 Å². The van der Waals surface area contributed by atoms with E-state index in [1.165, 1.54) is 0 Å². The van der Waals surface area contributed by atoms with Gasteiger partial charge in [-0.3, -0.25) is 0 Å². The molecule has 1 aromatic heterocycles. The minimum Gasteiger partial charge on any atom is -0.364 e. The van der Waals surface area contributed by atoms with E-state index in [1.807, 2.05) is 48.5 Å². The molecule has 5 heteroatoms. The van der Waals surface area contributed by atoms with Crippen molar-refractivity contribution < 1.29 is 0 Å². The second-order valence-electron chi connectivity index (χ2n) is 4.33. The zero-order chi connectivity index (χ0) is 13.9. The summed E-state index contributed by atoms with van der Waals surface area (Å²) in [6, 6.07) is 15.5. The van der Waals surface area contributed by atoms with Crippen LogP contribution in [0.3, 0.4) is 0 Å². The Hall–Kier alpha value is -1.84. The molecule has 1 heterocycles. The first kappa shape index (κ1) is 13.2. The largest absolute Gasteiger partial charge is 0.364 e. The van der Waals surface area contributed by atoms with Gasteiger partial charge in [0.05, 0.1) is 0 Å². The SMILES string of the molecule is Clc1ccccc1CNc1nnc(Cl)c2ccccc12. The molecule has 0 aliphatic heterocycles. The maximum atomic E-state index is 6.14. The van der Waals surface area contributed by atoms with Gasteiger partial charge in [-0.25, -0.2) is 0 Å². The summed E-state index contributed by atoms with van der Waals surface area (Å²) >= 11 is 12.2. The van der Waals surface area contributed by atoms with Crippen molar-refractivity contribution in [2.45, 2.75) is 6.54 Å². The minimum absolute atomic E-state index is 0.406. The first-order chi connectivity index (χ1) is 9.75. The molecule has 0 radical (unpaired) electrons. The summed E-state index contributed by atoms with van der Waals surface area (Å²) in [7, 11) is 0. The highest BCUT2D eigenvalue weighted by molar-refractivity contribution is 6.34. The molecule has 3 aromatic rings. The maximum Gasteiger partial charge on any atom is 0.159 e. The van der Waals surface area contributed by atoms with Gasteiger partial charge in [0, 0.05) is 22.3 Å². The smallest absolute Gasteiger partial charge is 0.159 e. The van der Waals surface area contributed by atoms with Gasteiger partial charge in [-0.1, -0.05) is 65.7 Å². The maximum absolute atomic E-state index is 6.14. The fourth-order valence-corrected chi connectivity index (χ4v) is 2.43. The summed E-state index contributed by atoms with van der Waals surface area (Å²) in [6.07, 6.45) is 0. The van der Waals surface area contributed by atoms with Crippen molar-refractivity contribution in [3.63, 3.8) is 0 Å². The van der Waals surface area contributed by atoms with Crippen molar-refractivity contribution in [3.05, 3.63) is 64.3 Å². The molecule has 0 fully saturated rings. The van der Waals surface area contributed by atoms with Crippen LogP contribution in [0, 0.1) is 0 Å². The molecule has 0 spiro atoms. The van der Waals surface area contributed by atoms with Crippen molar-refractivity contribution in [1.82, 2.24) is 10.2 Å². The average Bonchev–Trinajstić information content (AvgIpc) is 2.48. The van der Waals surface area contributed by atoms with Gasteiger partial charge in [0.15, 0.2) is 11.0 Å². The molecule has 0 bridgehead atoms. The molecule has 0 atom stereocenters. The fourth-order valence-electron chi connectivity index (χ4n) is 2.02. The summed E-state index contributed by atoms with van der Waals surface area (Å²) in [5.41, 5.74) is 1.01. The quantitative estimate of drug-likeness (QED) is 0.771. The molecular formula is C15H11Cl2N3. The van der Waals surface area contributed by atoms with Crippen LogP contribution in [-0.2, 0) is 6.54 Å². The van der Waals surface area contributed by atoms with Crippen molar-refractivity contribution >= 4 is 39.8 Å². The van der Waals surface area contributed by atoms with Crippen LogP contribution in [0.2, 0.25) is 10.2 Å². The Morgan fingerprint density at radius 3 is 2.35 bits per heavy atom. The normalized spacial score (nSPS) is 10.7. The zero-order valence-corrected chi connectivity index (χ0v) is 12.0. The number of halogens is 2. The number of nitrogens with one attached hydrogen (secondary N) is 1. The third kappa shape index (κ3) is 2.55. The Morgan fingerprint density at radius 1 is 0.850 bits per heavy atom. The van der Waals surface area contributed by atoms with E-state index in [0.717, 1.165) is 21.4 Å². The lowest BCUT2D eigenvalue weighted by Crippen LogP contribution is -2.03. The molecule has 0 saturated carbocycles. The number of anilines is 1. The lowest BCUT2D eigenvalue weighted by Gasteiger charge is -2.09. The highest BCUT2D eigenvalue weighted by atomic mass is 35.5. The Morgan fingerprint density at radius 2 is 1.55 bits per heavy atom. The number of fused-ring (bicyclic) bond motifs is 1. The number of hydrogen-bond acceptors (Lipinski definition) is 3. The first-order valence-electron chi connectivity index (χ1n) is 6.14. The molecule has 100 valence electrons. The second-order valence-corrected chi connectivity index (χ2v) is 5.10. The van der Waals surface area contributed by atoms with E-state index in [-0.39, 0.29) is 0 Å². The van der Waals surface area contributed by atoms with Gasteiger partial charge in [0.2, 0.25) is 0 Å². The van der Waals surface area contributed by atoms with Crippen molar-refractivity contribution in [2.24, 2.45) is 0 Å². The van der Waals surface area contributed by atoms with E-state index in [2.05, 4.69) is 15.5 Å². The van der Waals surface area contributed by atoms with Gasteiger partial charge in [0.25, 0.3) is 0 Å². The molecule has 0 aliphatic rings. The van der Waals surface area contributed by atoms with Crippen molar-refractivity contribution in [3.8, 4) is 0 Å². The summed E-state index contributed by atoms with van der Waals surface area (Å²) in [6.45, 7) is 0.583. The van der Waals surface area contributed by atoms with Crippen LogP contribution < -0.4 is 5.32 Å². The molecule has 1 N–H and O–H groups in total. The number of nitrogens with zero attached hydrogens (tertiary/aromatic N) is 2. The molecule has 20 heavy (non-hydrogen) atoms. The van der Waals surface area contributed by atoms with Gasteiger partial charge in [-0.2, -0.15) is 0 Å². The molecule has 3 rings (SSSR count). The lowest BCUT2D eigenvalue weighted by atomic mass is 10.2. The predicted octanol–water partition coefficient (Wildman–Crippen LogP) is 4.55. The summed E-state index contributed by atoms with van der Waals surface area (Å²) in [5.74, 6) is 0.699. The first-order valence-corrected chi connectivity index (χ1v) is 6.89. The summed E-state index contributed by atoms with van der Waals surface area (Å²) in [5, 5.41) is 14.3. The minimum atomic E-state index is 0.406. The van der Waals surface area contributed by atoms with Crippen molar-refractivity contribution in [2.75, 3.05) is 5.32 Å². The van der Waals surface area contributed by atoms with Gasteiger partial charge >= 0.3 is 0 Å². The van der Waals surface area contributed by atoms with E-state index in [4.69, 9.17) is 23.2 Å². The predicted molar refractivity (Wildman–Crippen MR) is 83.3 cm³/mol. The van der Waals surface area contributed by atoms with Crippen LogP contribution in [-0.4, -0.2) is 10.2 Å². The van der Waals surface area contributed by atoms with Crippen LogP contribution in [0.4, 0.5) is 5.82 Å². The Kier molecular flexibility index (Phi) is 3.72. The third-order valence-corrected chi connectivity index (χ3v) is 3.69. The van der Waals surface area contributed by atoms with Gasteiger partial charge in [0.1, 0.15) is 0 Å². The number of benzene rings is 2. The summed E-state index contributed by atoms with van der Waals surface area (Å²) < 4.78 is 0. The van der Waals surface area contributed by atoms with Crippen LogP contribution in [0.1, 0.15) is 5.56 Å². The fraction of sp³-hybridized carbons (Fsp3) is 0.0667. The van der Waals surface area contributed by atoms with E-state index >= 15 is 0 Å². The molecule has 0 aliphatic carbocycles. The molecular weight excluding hydrogens is 293 g/mol. The number of rotatable bonds is 3. The van der Waals surface area contributed by atoms with Crippen LogP contribution in [0.5, 0.6) is 0 Å². The standard InChI is InChI=1S/C15H11Cl2N3/c16-13-8-4-1-5-10(13)9-18-15-12-7-3-2-6-11(12)14(17)19-20-15/h1-8H,9H2,(H,18,20). The van der Waals surface area contributed by atoms with E-state index in [9.17, 15) is 0 Å².